The van der Waals surface area contributed by atoms with Crippen LogP contribution in [0.5, 0.6) is 0 Å². The van der Waals surface area contributed by atoms with Gasteiger partial charge in [-0.2, -0.15) is 0 Å². The summed E-state index contributed by atoms with van der Waals surface area (Å²) in [6.07, 6.45) is 29.5. The fraction of sp³-hybridized carbons (Fsp3) is 0.846. The summed E-state index contributed by atoms with van der Waals surface area (Å²) in [4.78, 5) is 93.7. The van der Waals surface area contributed by atoms with Gasteiger partial charge >= 0.3 is 142 Å². The van der Waals surface area contributed by atoms with Crippen LogP contribution in [0.4, 0.5) is 0 Å². The molecular formula is C52H90N2Na4O20S2. The minimum absolute atomic E-state index is 0. The largest absolute Gasteiger partial charge is 1.00 e. The van der Waals surface area contributed by atoms with E-state index >= 15 is 0 Å². The second-order valence-corrected chi connectivity index (χ2v) is 23.3. The molecule has 0 aliphatic carbocycles. The Morgan fingerprint density at radius 2 is 0.537 bits per heavy atom. The molecule has 0 radical (unpaired) electrons. The van der Waals surface area contributed by atoms with Crippen LogP contribution in [-0.4, -0.2) is 103 Å². The molecule has 0 spiro atoms. The molecule has 0 aliphatic rings. The maximum Gasteiger partial charge on any atom is 1.00 e. The van der Waals surface area contributed by atoms with Crippen LogP contribution in [0.1, 0.15) is 245 Å². The van der Waals surface area contributed by atoms with E-state index in [0.717, 1.165) is 51.4 Å². The van der Waals surface area contributed by atoms with Crippen LogP contribution >= 0.6 is 0 Å². The predicted octanol–water partition coefficient (Wildman–Crippen LogP) is -6.09. The van der Waals surface area contributed by atoms with Crippen molar-refractivity contribution in [2.24, 2.45) is 35.1 Å². The van der Waals surface area contributed by atoms with Gasteiger partial charge in [-0.15, -0.1) is 0 Å². The van der Waals surface area contributed by atoms with Gasteiger partial charge in [0.25, 0.3) is 0 Å². The van der Waals surface area contributed by atoms with Crippen molar-refractivity contribution in [3.8, 4) is 0 Å². The van der Waals surface area contributed by atoms with Crippen molar-refractivity contribution in [1.82, 2.24) is 0 Å². The van der Waals surface area contributed by atoms with Gasteiger partial charge in [0, 0.05) is 0 Å². The summed E-state index contributed by atoms with van der Waals surface area (Å²) >= 11 is 0. The number of carbonyl (C=O) groups excluding carboxylic acids is 4. The minimum atomic E-state index is -6.09. The fourth-order valence-corrected chi connectivity index (χ4v) is 12.7. The molecule has 6 unspecified atom stereocenters. The first-order valence-corrected chi connectivity index (χ1v) is 30.3. The van der Waals surface area contributed by atoms with E-state index in [0.29, 0.717) is 25.7 Å². The Bertz CT molecular complexity index is 1850. The standard InChI is InChI=1S/2C26H47NO10S.4Na/c2*1-2-3-4-5-6-7-8-9-10-11-12-13-14-15-16-17-18-20(23(27)30)26(25(33)34,38(35,36)37)21(24(31)32)19-22(28)29;;;;/h2*20-21H,2-19H2,1H3,(H2,27,30)(H,28,29)(H,31,32)(H,33,34)(H,35,36,37);;;;/q;;4*+1/p-4. The number of hydrogen-bond donors (Lipinski definition) is 6. The van der Waals surface area contributed by atoms with E-state index in [9.17, 15) is 84.7 Å². The van der Waals surface area contributed by atoms with E-state index in [-0.39, 0.29) is 131 Å². The van der Waals surface area contributed by atoms with Crippen molar-refractivity contribution in [3.05, 3.63) is 0 Å². The van der Waals surface area contributed by atoms with Gasteiger partial charge < -0.3 is 60.8 Å². The van der Waals surface area contributed by atoms with Crippen molar-refractivity contribution in [1.29, 1.82) is 0 Å². The van der Waals surface area contributed by atoms with Crippen LogP contribution in [0.25, 0.3) is 0 Å². The number of unbranched alkanes of at least 4 members (excludes halogenated alkanes) is 30. The number of aliphatic carboxylic acids is 6. The Morgan fingerprint density at radius 3 is 0.662 bits per heavy atom. The molecule has 8 N–H and O–H groups in total. The first kappa shape index (κ1) is 90.8. The monoisotopic (exact) mass is 1220 g/mol. The average molecular weight is 1220 g/mol. The molecule has 28 heteroatoms. The normalized spacial score (nSPS) is 14.2. The number of carboxylic acids is 6. The number of hydrogen-bond acceptors (Lipinski definition) is 16. The van der Waals surface area contributed by atoms with E-state index in [1.54, 1.807) is 0 Å². The summed E-state index contributed by atoms with van der Waals surface area (Å²) in [6.45, 7) is 4.41. The molecule has 0 saturated heterocycles. The number of rotatable bonds is 50. The smallest absolute Gasteiger partial charge is 0.747 e. The van der Waals surface area contributed by atoms with E-state index in [4.69, 9.17) is 21.7 Å². The van der Waals surface area contributed by atoms with Gasteiger partial charge in [0.1, 0.15) is 29.7 Å². The molecular weight excluding hydrogens is 1130 g/mol. The molecule has 444 valence electrons. The average Bonchev–Trinajstić information content (AvgIpc) is 3.30. The number of carboxylic acid groups (broad SMARTS) is 6. The van der Waals surface area contributed by atoms with E-state index in [2.05, 4.69) is 13.8 Å². The Morgan fingerprint density at radius 1 is 0.362 bits per heavy atom. The molecule has 0 aliphatic heterocycles. The second kappa shape index (κ2) is 51.8. The molecule has 22 nitrogen and oxygen atoms in total. The molecule has 0 fully saturated rings. The zero-order chi connectivity index (χ0) is 58.4. The molecule has 2 amide bonds. The van der Waals surface area contributed by atoms with Crippen molar-refractivity contribution in [3.63, 3.8) is 0 Å². The van der Waals surface area contributed by atoms with E-state index in [1.807, 2.05) is 0 Å². The van der Waals surface area contributed by atoms with Gasteiger partial charge in [0.15, 0.2) is 0 Å². The summed E-state index contributed by atoms with van der Waals surface area (Å²) in [7, 11) is -12.2. The molecule has 0 aromatic rings. The number of nitrogens with two attached hydrogens (primary N) is 2. The summed E-state index contributed by atoms with van der Waals surface area (Å²) in [5.74, 6) is -26.5. The zero-order valence-electron chi connectivity index (χ0n) is 49.1. The van der Waals surface area contributed by atoms with Crippen LogP contribution < -0.4 is 140 Å². The number of primary amides is 2. The SMILES string of the molecule is CCCCCCCCCCCCCCCCCCC(C(N)=O)C(C(=O)[O-])(C(CC(=O)O)C(=O)O)S(=O)(=O)[O-].CCCCCCCCCCCCCCCCCCC(C(N)=O)C(C(=O)[O-])(C(CC(=O)O)C(=O)O)S(=O)(=O)[O-].[Na+].[Na+].[Na+].[Na+]. The maximum atomic E-state index is 12.1. The van der Waals surface area contributed by atoms with Crippen LogP contribution in [0.15, 0.2) is 0 Å². The fourth-order valence-electron chi connectivity index (χ4n) is 10.1. The Kier molecular flexibility index (Phi) is 58.7. The quantitative estimate of drug-likeness (QED) is 0.0188. The summed E-state index contributed by atoms with van der Waals surface area (Å²) in [6, 6.07) is 0. The van der Waals surface area contributed by atoms with E-state index in [1.165, 1.54) is 116 Å². The Balaban J connectivity index is -0.000000326. The summed E-state index contributed by atoms with van der Waals surface area (Å²) < 4.78 is 64.9. The van der Waals surface area contributed by atoms with Crippen LogP contribution in [0.2, 0.25) is 0 Å². The molecule has 0 aromatic heterocycles. The number of amides is 2. The molecule has 80 heavy (non-hydrogen) atoms. The third kappa shape index (κ3) is 35.3. The van der Waals surface area contributed by atoms with Gasteiger partial charge in [-0.05, 0) is 12.8 Å². The molecule has 0 bridgehead atoms. The summed E-state index contributed by atoms with van der Waals surface area (Å²) in [5, 5.41) is 60.7. The van der Waals surface area contributed by atoms with Crippen LogP contribution in [0, 0.1) is 23.7 Å². The molecule has 6 atom stereocenters. The van der Waals surface area contributed by atoms with Gasteiger partial charge in [-0.3, -0.25) is 28.8 Å². The van der Waals surface area contributed by atoms with Crippen molar-refractivity contribution in [2.45, 2.75) is 254 Å². The van der Waals surface area contributed by atoms with Gasteiger partial charge in [0.05, 0.1) is 48.5 Å². The molecule has 0 heterocycles. The molecule has 0 saturated carbocycles. The Hall–Kier alpha value is -0.420. The maximum absolute atomic E-state index is 12.1. The molecule has 0 aromatic carbocycles. The predicted molar refractivity (Wildman–Crippen MR) is 275 cm³/mol. The van der Waals surface area contributed by atoms with Gasteiger partial charge in [-0.1, -0.05) is 219 Å². The van der Waals surface area contributed by atoms with Crippen molar-refractivity contribution in [2.75, 3.05) is 0 Å². The number of carbonyl (C=O) groups is 8. The topological polar surface area (TPSA) is 430 Å². The third-order valence-electron chi connectivity index (χ3n) is 14.3. The van der Waals surface area contributed by atoms with Gasteiger partial charge in [-0.25, -0.2) is 16.8 Å². The summed E-state index contributed by atoms with van der Waals surface area (Å²) in [5.41, 5.74) is 10.4. The third-order valence-corrected chi connectivity index (χ3v) is 17.4. The molecule has 0 rings (SSSR count). The van der Waals surface area contributed by atoms with Crippen molar-refractivity contribution >= 4 is 67.9 Å². The minimum Gasteiger partial charge on any atom is -0.747 e. The Labute approximate surface area is 564 Å². The van der Waals surface area contributed by atoms with Gasteiger partial charge in [0.2, 0.25) is 11.8 Å². The zero-order valence-corrected chi connectivity index (χ0v) is 58.7. The first-order valence-electron chi connectivity index (χ1n) is 27.5. The van der Waals surface area contributed by atoms with E-state index < -0.39 is 127 Å². The van der Waals surface area contributed by atoms with Crippen molar-refractivity contribution < 1.29 is 213 Å². The van der Waals surface area contributed by atoms with Crippen LogP contribution in [-0.2, 0) is 58.6 Å². The second-order valence-electron chi connectivity index (χ2n) is 20.1. The first-order chi connectivity index (χ1) is 35.7. The van der Waals surface area contributed by atoms with Crippen LogP contribution in [0.3, 0.4) is 0 Å².